The molecular formula is C11H20N2O. The Kier molecular flexibility index (Phi) is 2.88. The number of nitrogens with one attached hydrogen (secondary N) is 1. The van der Waals surface area contributed by atoms with Crippen molar-refractivity contribution in [3.8, 4) is 0 Å². The second-order valence-electron chi connectivity index (χ2n) is 5.21. The smallest absolute Gasteiger partial charge is 0.270 e. The van der Waals surface area contributed by atoms with Crippen molar-refractivity contribution in [2.75, 3.05) is 0 Å². The molecule has 0 fully saturated rings. The Morgan fingerprint density at radius 3 is 2.36 bits per heavy atom. The number of aromatic nitrogens is 2. The summed E-state index contributed by atoms with van der Waals surface area (Å²) in [7, 11) is 0. The first kappa shape index (κ1) is 11.1. The molecule has 1 aromatic rings. The van der Waals surface area contributed by atoms with E-state index in [-0.39, 0.29) is 11.1 Å². The molecule has 14 heavy (non-hydrogen) atoms. The van der Waals surface area contributed by atoms with Gasteiger partial charge in [-0.2, -0.15) is 0 Å². The summed E-state index contributed by atoms with van der Waals surface area (Å²) < 4.78 is 1.69. The van der Waals surface area contributed by atoms with Crippen LogP contribution in [0.1, 0.15) is 40.2 Å². The van der Waals surface area contributed by atoms with Gasteiger partial charge in [0.15, 0.2) is 0 Å². The lowest BCUT2D eigenvalue weighted by molar-refractivity contribution is 0.345. The lowest BCUT2D eigenvalue weighted by Gasteiger charge is -2.18. The summed E-state index contributed by atoms with van der Waals surface area (Å²) in [6.45, 7) is 10.3. The van der Waals surface area contributed by atoms with Gasteiger partial charge in [-0.1, -0.05) is 13.8 Å². The second kappa shape index (κ2) is 3.64. The van der Waals surface area contributed by atoms with Crippen LogP contribution in [0.4, 0.5) is 0 Å². The molecule has 0 amide bonds. The van der Waals surface area contributed by atoms with Gasteiger partial charge in [0.05, 0.1) is 5.54 Å². The van der Waals surface area contributed by atoms with Gasteiger partial charge in [-0.05, 0) is 33.1 Å². The summed E-state index contributed by atoms with van der Waals surface area (Å²) in [5.41, 5.74) is 0.841. The van der Waals surface area contributed by atoms with E-state index in [9.17, 15) is 4.79 Å². The molecule has 80 valence electrons. The lowest BCUT2D eigenvalue weighted by Crippen LogP contribution is -2.33. The van der Waals surface area contributed by atoms with Crippen LogP contribution in [-0.4, -0.2) is 9.78 Å². The third-order valence-electron chi connectivity index (χ3n) is 2.14. The van der Waals surface area contributed by atoms with E-state index in [4.69, 9.17) is 0 Å². The Bertz CT molecular complexity index is 352. The lowest BCUT2D eigenvalue weighted by atomic mass is 10.1. The zero-order valence-corrected chi connectivity index (χ0v) is 9.72. The maximum atomic E-state index is 11.9. The minimum Gasteiger partial charge on any atom is -0.302 e. The molecule has 1 rings (SSSR count). The molecule has 0 saturated heterocycles. The molecule has 0 unspecified atom stereocenters. The van der Waals surface area contributed by atoms with Crippen LogP contribution >= 0.6 is 0 Å². The minimum absolute atomic E-state index is 0.117. The normalized spacial score (nSPS) is 12.4. The van der Waals surface area contributed by atoms with Crippen LogP contribution in [0.3, 0.4) is 0 Å². The molecule has 0 saturated carbocycles. The van der Waals surface area contributed by atoms with Crippen LogP contribution < -0.4 is 5.56 Å². The van der Waals surface area contributed by atoms with Gasteiger partial charge in [0.2, 0.25) is 0 Å². The Balaban J connectivity index is 3.04. The molecule has 0 radical (unpaired) electrons. The fourth-order valence-corrected chi connectivity index (χ4v) is 1.49. The van der Waals surface area contributed by atoms with Crippen LogP contribution in [0, 0.1) is 5.92 Å². The topological polar surface area (TPSA) is 37.8 Å². The quantitative estimate of drug-likeness (QED) is 0.773. The Morgan fingerprint density at radius 1 is 1.43 bits per heavy atom. The number of hydrogen-bond donors (Lipinski definition) is 1. The van der Waals surface area contributed by atoms with E-state index in [1.165, 1.54) is 0 Å². The molecule has 0 aliphatic rings. The zero-order valence-electron chi connectivity index (χ0n) is 9.72. The van der Waals surface area contributed by atoms with Crippen LogP contribution in [0.5, 0.6) is 0 Å². The van der Waals surface area contributed by atoms with Crippen LogP contribution in [-0.2, 0) is 12.0 Å². The van der Waals surface area contributed by atoms with Crippen LogP contribution in [0.25, 0.3) is 0 Å². The maximum absolute atomic E-state index is 11.9. The fourth-order valence-electron chi connectivity index (χ4n) is 1.49. The van der Waals surface area contributed by atoms with E-state index in [2.05, 4.69) is 18.9 Å². The number of nitrogens with zero attached hydrogens (tertiary/aromatic N) is 1. The van der Waals surface area contributed by atoms with Gasteiger partial charge in [-0.3, -0.25) is 4.79 Å². The largest absolute Gasteiger partial charge is 0.302 e. The van der Waals surface area contributed by atoms with E-state index in [1.807, 2.05) is 27.0 Å². The highest BCUT2D eigenvalue weighted by Crippen LogP contribution is 2.10. The summed E-state index contributed by atoms with van der Waals surface area (Å²) in [4.78, 5) is 11.9. The summed E-state index contributed by atoms with van der Waals surface area (Å²) in [5, 5.41) is 3.02. The van der Waals surface area contributed by atoms with Gasteiger partial charge in [-0.25, -0.2) is 4.68 Å². The van der Waals surface area contributed by atoms with Crippen molar-refractivity contribution >= 4 is 0 Å². The molecule has 1 heterocycles. The second-order valence-corrected chi connectivity index (χ2v) is 5.21. The van der Waals surface area contributed by atoms with Gasteiger partial charge in [0, 0.05) is 11.8 Å². The van der Waals surface area contributed by atoms with Gasteiger partial charge >= 0.3 is 0 Å². The summed E-state index contributed by atoms with van der Waals surface area (Å²) in [6, 6.07) is 0. The molecule has 0 aromatic carbocycles. The molecule has 0 spiro atoms. The zero-order chi connectivity index (χ0) is 10.9. The molecule has 0 atom stereocenters. The first-order chi connectivity index (χ1) is 6.32. The van der Waals surface area contributed by atoms with E-state index in [1.54, 1.807) is 4.68 Å². The van der Waals surface area contributed by atoms with E-state index in [0.717, 1.165) is 12.0 Å². The molecule has 1 N–H and O–H groups in total. The highest BCUT2D eigenvalue weighted by molar-refractivity contribution is 5.06. The Morgan fingerprint density at radius 2 is 2.00 bits per heavy atom. The van der Waals surface area contributed by atoms with Crippen molar-refractivity contribution in [3.05, 3.63) is 22.1 Å². The fraction of sp³-hybridized carbons (Fsp3) is 0.727. The highest BCUT2D eigenvalue weighted by atomic mass is 16.1. The number of aromatic amines is 1. The molecule has 3 nitrogen and oxygen atoms in total. The maximum Gasteiger partial charge on any atom is 0.270 e. The predicted octanol–water partition coefficient (Wildman–Crippen LogP) is 2.13. The third-order valence-corrected chi connectivity index (χ3v) is 2.14. The highest BCUT2D eigenvalue weighted by Gasteiger charge is 2.18. The number of hydrogen-bond acceptors (Lipinski definition) is 1. The summed E-state index contributed by atoms with van der Waals surface area (Å²) in [6.07, 6.45) is 2.67. The molecule has 0 bridgehead atoms. The van der Waals surface area contributed by atoms with Crippen molar-refractivity contribution in [2.45, 2.75) is 46.6 Å². The summed E-state index contributed by atoms with van der Waals surface area (Å²) >= 11 is 0. The van der Waals surface area contributed by atoms with Crippen molar-refractivity contribution in [1.82, 2.24) is 9.78 Å². The first-order valence-electron chi connectivity index (χ1n) is 5.12. The predicted molar refractivity (Wildman–Crippen MR) is 58.6 cm³/mol. The first-order valence-corrected chi connectivity index (χ1v) is 5.12. The number of H-pyrrole nitrogens is 1. The Hall–Kier alpha value is -0.990. The van der Waals surface area contributed by atoms with E-state index >= 15 is 0 Å². The van der Waals surface area contributed by atoms with E-state index < -0.39 is 0 Å². The van der Waals surface area contributed by atoms with Crippen LogP contribution in [0.2, 0.25) is 0 Å². The van der Waals surface area contributed by atoms with Crippen molar-refractivity contribution in [1.29, 1.82) is 0 Å². The molecule has 0 aliphatic carbocycles. The average Bonchev–Trinajstić information content (AvgIpc) is 2.30. The number of rotatable bonds is 2. The molecule has 0 aliphatic heterocycles. The SMILES string of the molecule is CC(C)Cc1c[nH]n(C(C)(C)C)c1=O. The monoisotopic (exact) mass is 196 g/mol. The van der Waals surface area contributed by atoms with Gasteiger partial charge in [0.1, 0.15) is 0 Å². The third kappa shape index (κ3) is 2.28. The van der Waals surface area contributed by atoms with Crippen LogP contribution in [0.15, 0.2) is 11.0 Å². The summed E-state index contributed by atoms with van der Waals surface area (Å²) in [5.74, 6) is 0.520. The van der Waals surface area contributed by atoms with Gasteiger partial charge in [0.25, 0.3) is 5.56 Å². The van der Waals surface area contributed by atoms with Crippen molar-refractivity contribution in [2.24, 2.45) is 5.92 Å². The molecular weight excluding hydrogens is 176 g/mol. The standard InChI is InChI=1S/C11H20N2O/c1-8(2)6-9-7-12-13(10(9)14)11(3,4)5/h7-8,12H,6H2,1-5H3. The minimum atomic E-state index is -0.160. The average molecular weight is 196 g/mol. The molecule has 1 aromatic heterocycles. The van der Waals surface area contributed by atoms with Gasteiger partial charge in [-0.15, -0.1) is 0 Å². The van der Waals surface area contributed by atoms with Crippen molar-refractivity contribution in [3.63, 3.8) is 0 Å². The van der Waals surface area contributed by atoms with Gasteiger partial charge < -0.3 is 5.10 Å². The molecule has 3 heteroatoms. The van der Waals surface area contributed by atoms with E-state index in [0.29, 0.717) is 5.92 Å². The van der Waals surface area contributed by atoms with Crippen molar-refractivity contribution < 1.29 is 0 Å². The Labute approximate surface area is 85.1 Å².